The number of aromatic nitrogens is 3. The maximum atomic E-state index is 13.3. The minimum atomic E-state index is -4.84. The molecule has 0 radical (unpaired) electrons. The molecule has 0 saturated carbocycles. The minimum absolute atomic E-state index is 0.212. The molecule has 2 aromatic heterocycles. The molecule has 2 aromatic carbocycles. The maximum Gasteiger partial charge on any atom is 0.423 e. The van der Waals surface area contributed by atoms with E-state index in [1.54, 1.807) is 23.5 Å². The molecule has 4 nitrogen and oxygen atoms in total. The van der Waals surface area contributed by atoms with Crippen LogP contribution in [0.25, 0.3) is 21.2 Å². The van der Waals surface area contributed by atoms with Crippen molar-refractivity contribution in [3.05, 3.63) is 70.6 Å². The average Bonchev–Trinajstić information content (AvgIpc) is 3.31. The van der Waals surface area contributed by atoms with Crippen molar-refractivity contribution in [3.63, 3.8) is 0 Å². The lowest BCUT2D eigenvalue weighted by Crippen LogP contribution is -2.42. The van der Waals surface area contributed by atoms with E-state index in [-0.39, 0.29) is 12.4 Å². The molecule has 1 atom stereocenters. The molecule has 0 amide bonds. The highest BCUT2D eigenvalue weighted by Gasteiger charge is 2.55. The van der Waals surface area contributed by atoms with Gasteiger partial charge in [-0.25, -0.2) is 9.07 Å². The Morgan fingerprint density at radius 3 is 2.45 bits per heavy atom. The number of thiophene rings is 1. The normalized spacial score (nSPS) is 14.2. The van der Waals surface area contributed by atoms with E-state index >= 15 is 0 Å². The second-order valence-corrected chi connectivity index (χ2v) is 8.64. The molecule has 0 aliphatic rings. The largest absolute Gasteiger partial charge is 0.423 e. The number of alkyl halides is 3. The monoisotopic (exact) mass is 449 g/mol. The molecule has 1 unspecified atom stereocenters. The first-order valence-electron chi connectivity index (χ1n) is 9.60. The van der Waals surface area contributed by atoms with Crippen molar-refractivity contribution in [1.82, 2.24) is 15.0 Å². The fourth-order valence-electron chi connectivity index (χ4n) is 3.62. The first-order chi connectivity index (χ1) is 14.6. The highest BCUT2D eigenvalue weighted by Crippen LogP contribution is 2.41. The van der Waals surface area contributed by atoms with Gasteiger partial charge in [0.2, 0.25) is 5.60 Å². The lowest BCUT2D eigenvalue weighted by atomic mass is 9.96. The van der Waals surface area contributed by atoms with Gasteiger partial charge in [-0.15, -0.1) is 16.4 Å². The quantitative estimate of drug-likeness (QED) is 0.391. The zero-order valence-electron chi connectivity index (χ0n) is 16.7. The third kappa shape index (κ3) is 3.83. The van der Waals surface area contributed by atoms with Gasteiger partial charge in [0.15, 0.2) is 0 Å². The van der Waals surface area contributed by atoms with Gasteiger partial charge in [0.25, 0.3) is 0 Å². The van der Waals surface area contributed by atoms with Gasteiger partial charge < -0.3 is 5.11 Å². The van der Waals surface area contributed by atoms with Crippen LogP contribution in [0.2, 0.25) is 0 Å². The number of fused-ring (bicyclic) bond motifs is 1. The molecule has 9 heteroatoms. The molecule has 0 saturated heterocycles. The van der Waals surface area contributed by atoms with Crippen LogP contribution in [0.4, 0.5) is 17.6 Å². The number of nitrogens with zero attached hydrogens (tertiary/aromatic N) is 3. The first kappa shape index (κ1) is 21.5. The molecular formula is C22H19F4N3OS. The highest BCUT2D eigenvalue weighted by atomic mass is 32.1. The molecule has 0 aliphatic carbocycles. The Labute approximate surface area is 179 Å². The Kier molecular flexibility index (Phi) is 5.35. The van der Waals surface area contributed by atoms with Crippen LogP contribution < -0.4 is 0 Å². The van der Waals surface area contributed by atoms with Gasteiger partial charge in [0, 0.05) is 20.5 Å². The molecule has 4 rings (SSSR count). The van der Waals surface area contributed by atoms with Crippen molar-refractivity contribution in [2.24, 2.45) is 0 Å². The van der Waals surface area contributed by atoms with Crippen LogP contribution in [0.15, 0.2) is 48.7 Å². The first-order valence-corrected chi connectivity index (χ1v) is 10.4. The minimum Gasteiger partial charge on any atom is -0.375 e. The van der Waals surface area contributed by atoms with Crippen LogP contribution >= 0.6 is 11.3 Å². The molecule has 31 heavy (non-hydrogen) atoms. The van der Waals surface area contributed by atoms with Crippen LogP contribution in [0.3, 0.4) is 0 Å². The molecule has 2 heterocycles. The van der Waals surface area contributed by atoms with E-state index in [4.69, 9.17) is 0 Å². The average molecular weight is 449 g/mol. The molecule has 0 bridgehead atoms. The number of halogens is 4. The van der Waals surface area contributed by atoms with Crippen molar-refractivity contribution in [2.75, 3.05) is 0 Å². The van der Waals surface area contributed by atoms with E-state index in [0.29, 0.717) is 0 Å². The summed E-state index contributed by atoms with van der Waals surface area (Å²) in [6, 6.07) is 12.1. The lowest BCUT2D eigenvalue weighted by Gasteiger charge is -2.26. The van der Waals surface area contributed by atoms with Crippen LogP contribution in [-0.2, 0) is 12.1 Å². The van der Waals surface area contributed by atoms with Crippen molar-refractivity contribution in [2.45, 2.75) is 38.6 Å². The number of benzene rings is 2. The third-order valence-electron chi connectivity index (χ3n) is 5.35. The number of aryl methyl sites for hydroxylation is 1. The van der Waals surface area contributed by atoms with Gasteiger partial charge in [0.05, 0.1) is 12.7 Å². The van der Waals surface area contributed by atoms with E-state index in [1.165, 1.54) is 23.7 Å². The SMILES string of the molecule is CCC(O)(c1cn(Cc2ccc3c(-c4ccc(F)cc4)c(C)sc3c2)nn1)C(F)(F)F. The van der Waals surface area contributed by atoms with Gasteiger partial charge in [0.1, 0.15) is 11.5 Å². The molecule has 1 N–H and O–H groups in total. The second-order valence-electron chi connectivity index (χ2n) is 7.38. The summed E-state index contributed by atoms with van der Waals surface area (Å²) in [6.45, 7) is 3.46. The van der Waals surface area contributed by atoms with E-state index in [1.807, 2.05) is 25.1 Å². The summed E-state index contributed by atoms with van der Waals surface area (Å²) in [5.74, 6) is -0.295. The summed E-state index contributed by atoms with van der Waals surface area (Å²) in [5, 5.41) is 18.4. The van der Waals surface area contributed by atoms with E-state index in [9.17, 15) is 22.7 Å². The standard InChI is InChI=1S/C22H19F4N3OS/c1-3-21(30,22(24,25)26)19-12-29(28-27-19)11-14-4-9-17-18(10-14)31-13(2)20(17)15-5-7-16(23)8-6-15/h4-10,12,30H,3,11H2,1-2H3. The number of rotatable bonds is 5. The molecule has 0 fully saturated rings. The van der Waals surface area contributed by atoms with Gasteiger partial charge in [-0.3, -0.25) is 0 Å². The third-order valence-corrected chi connectivity index (χ3v) is 6.42. The summed E-state index contributed by atoms with van der Waals surface area (Å²) in [5.41, 5.74) is -0.751. The van der Waals surface area contributed by atoms with E-state index in [2.05, 4.69) is 10.3 Å². The molecule has 0 spiro atoms. The topological polar surface area (TPSA) is 50.9 Å². The molecule has 0 aliphatic heterocycles. The van der Waals surface area contributed by atoms with Gasteiger partial charge in [-0.1, -0.05) is 36.4 Å². The number of aliphatic hydroxyl groups is 1. The Morgan fingerprint density at radius 2 is 1.81 bits per heavy atom. The van der Waals surface area contributed by atoms with Crippen molar-refractivity contribution in [3.8, 4) is 11.1 Å². The van der Waals surface area contributed by atoms with Crippen LogP contribution in [0.1, 0.15) is 29.5 Å². The second kappa shape index (κ2) is 7.72. The summed E-state index contributed by atoms with van der Waals surface area (Å²) < 4.78 is 55.3. The lowest BCUT2D eigenvalue weighted by molar-refractivity contribution is -0.269. The highest BCUT2D eigenvalue weighted by molar-refractivity contribution is 7.19. The van der Waals surface area contributed by atoms with Crippen LogP contribution in [0.5, 0.6) is 0 Å². The fourth-order valence-corrected chi connectivity index (χ4v) is 4.77. The van der Waals surface area contributed by atoms with Crippen LogP contribution in [0, 0.1) is 12.7 Å². The molecule has 4 aromatic rings. The van der Waals surface area contributed by atoms with Crippen LogP contribution in [-0.4, -0.2) is 26.3 Å². The smallest absolute Gasteiger partial charge is 0.375 e. The Balaban J connectivity index is 1.64. The molecule has 162 valence electrons. The Hall–Kier alpha value is -2.78. The van der Waals surface area contributed by atoms with Gasteiger partial charge in [-0.2, -0.15) is 13.2 Å². The maximum absolute atomic E-state index is 13.3. The van der Waals surface area contributed by atoms with E-state index < -0.39 is 23.9 Å². The summed E-state index contributed by atoms with van der Waals surface area (Å²) in [7, 11) is 0. The zero-order chi connectivity index (χ0) is 22.4. The van der Waals surface area contributed by atoms with Gasteiger partial charge >= 0.3 is 6.18 Å². The zero-order valence-corrected chi connectivity index (χ0v) is 17.6. The summed E-state index contributed by atoms with van der Waals surface area (Å²) >= 11 is 1.59. The Morgan fingerprint density at radius 1 is 1.10 bits per heavy atom. The number of hydrogen-bond donors (Lipinski definition) is 1. The van der Waals surface area contributed by atoms with E-state index in [0.717, 1.165) is 37.9 Å². The molecular weight excluding hydrogens is 430 g/mol. The summed E-state index contributed by atoms with van der Waals surface area (Å²) in [4.78, 5) is 1.08. The summed E-state index contributed by atoms with van der Waals surface area (Å²) in [6.07, 6.45) is -4.26. The Bertz CT molecular complexity index is 1230. The predicted octanol–water partition coefficient (Wildman–Crippen LogP) is 5.82. The fraction of sp³-hybridized carbons (Fsp3) is 0.273. The van der Waals surface area contributed by atoms with Crippen molar-refractivity contribution >= 4 is 21.4 Å². The van der Waals surface area contributed by atoms with Crippen molar-refractivity contribution in [1.29, 1.82) is 0 Å². The number of hydrogen-bond acceptors (Lipinski definition) is 4. The predicted molar refractivity (Wildman–Crippen MR) is 111 cm³/mol. The van der Waals surface area contributed by atoms with Gasteiger partial charge in [-0.05, 0) is 42.7 Å². The van der Waals surface area contributed by atoms with Crippen molar-refractivity contribution < 1.29 is 22.7 Å².